The van der Waals surface area contributed by atoms with Crippen molar-refractivity contribution < 1.29 is 8.94 Å². The van der Waals surface area contributed by atoms with Gasteiger partial charge in [-0.25, -0.2) is 4.98 Å². The van der Waals surface area contributed by atoms with Gasteiger partial charge in [0.2, 0.25) is 0 Å². The Kier molecular flexibility index (Phi) is 6.32. The molecule has 0 aliphatic heterocycles. The van der Waals surface area contributed by atoms with Crippen LogP contribution in [0.25, 0.3) is 0 Å². The monoisotopic (exact) mass is 224 g/mol. The zero-order valence-electron chi connectivity index (χ0n) is 7.63. The van der Waals surface area contributed by atoms with E-state index in [1.807, 2.05) is 5.38 Å². The van der Waals surface area contributed by atoms with Gasteiger partial charge < -0.3 is 8.94 Å². The van der Waals surface area contributed by atoms with Crippen LogP contribution in [0.5, 0.6) is 0 Å². The van der Waals surface area contributed by atoms with Crippen molar-refractivity contribution in [2.75, 3.05) is 0 Å². The van der Waals surface area contributed by atoms with Crippen LogP contribution in [0.2, 0.25) is 0 Å². The maximum absolute atomic E-state index is 4.47. The van der Waals surface area contributed by atoms with Crippen molar-refractivity contribution in [3.63, 3.8) is 0 Å². The van der Waals surface area contributed by atoms with E-state index in [1.165, 1.54) is 30.5 Å². The van der Waals surface area contributed by atoms with Crippen LogP contribution >= 0.6 is 11.5 Å². The second-order valence-corrected chi connectivity index (χ2v) is 2.60. The van der Waals surface area contributed by atoms with E-state index in [1.54, 1.807) is 24.7 Å². The maximum atomic E-state index is 4.47. The first-order valence-electron chi connectivity index (χ1n) is 3.87. The Morgan fingerprint density at radius 3 is 2.27 bits per heavy atom. The number of hydrogen-bond donors (Lipinski definition) is 0. The molecule has 0 bridgehead atoms. The molecule has 0 spiro atoms. The minimum absolute atomic E-state index is 1.35. The summed E-state index contributed by atoms with van der Waals surface area (Å²) in [5, 5.41) is 8.66. The summed E-state index contributed by atoms with van der Waals surface area (Å²) in [4.78, 5) is 3.56. The van der Waals surface area contributed by atoms with E-state index >= 15 is 0 Å². The lowest BCUT2D eigenvalue weighted by Crippen LogP contribution is -1.51. The van der Waals surface area contributed by atoms with E-state index in [0.29, 0.717) is 0 Å². The molecule has 3 rings (SSSR count). The predicted molar refractivity (Wildman–Crippen MR) is 52.9 cm³/mol. The molecule has 0 saturated carbocycles. The van der Waals surface area contributed by atoms with Gasteiger partial charge in [-0.1, -0.05) is 9.64 Å². The molecule has 0 saturated heterocycles. The Morgan fingerprint density at radius 1 is 1.07 bits per heavy atom. The largest absolute Gasteiger partial charge is 0.452 e. The van der Waals surface area contributed by atoms with Gasteiger partial charge in [0.05, 0.1) is 18.6 Å². The Morgan fingerprint density at radius 2 is 2.07 bits per heavy atom. The van der Waals surface area contributed by atoms with Gasteiger partial charge in [0.1, 0.15) is 12.5 Å². The molecule has 3 aromatic heterocycles. The minimum Gasteiger partial charge on any atom is -0.452 e. The van der Waals surface area contributed by atoms with Crippen molar-refractivity contribution in [3.8, 4) is 0 Å². The van der Waals surface area contributed by atoms with E-state index in [9.17, 15) is 0 Å². The Balaban J connectivity index is 0.000000112. The topological polar surface area (TPSA) is 77.8 Å². The van der Waals surface area contributed by atoms with Gasteiger partial charge in [0.25, 0.3) is 0 Å². The quantitative estimate of drug-likeness (QED) is 0.580. The van der Waals surface area contributed by atoms with E-state index in [-0.39, 0.29) is 0 Å². The summed E-state index contributed by atoms with van der Waals surface area (Å²) in [6.45, 7) is 0. The molecule has 0 N–H and O–H groups in total. The smallest absolute Gasteiger partial charge is 0.180 e. The van der Waals surface area contributed by atoms with Gasteiger partial charge in [-0.3, -0.25) is 0 Å². The third-order valence-corrected chi connectivity index (χ3v) is 1.41. The number of oxazole rings is 1. The number of nitrogens with zero attached hydrogens (tertiary/aromatic N) is 4. The average Bonchev–Trinajstić information content (AvgIpc) is 3.09. The normalized spacial score (nSPS) is 8.00. The molecule has 0 aliphatic rings. The maximum Gasteiger partial charge on any atom is 0.180 e. The van der Waals surface area contributed by atoms with Gasteiger partial charge in [-0.2, -0.15) is 0 Å². The summed E-state index contributed by atoms with van der Waals surface area (Å²) < 4.78 is 12.3. The Hall–Kier alpha value is -2.02. The van der Waals surface area contributed by atoms with Crippen LogP contribution < -0.4 is 0 Å². The molecule has 0 radical (unpaired) electrons. The SMILES string of the molecule is c1cnoc1.c1cocn1.c1csnn1. The van der Waals surface area contributed by atoms with Gasteiger partial charge in [-0.05, 0) is 17.6 Å². The zero-order valence-corrected chi connectivity index (χ0v) is 8.45. The van der Waals surface area contributed by atoms with E-state index < -0.39 is 0 Å². The van der Waals surface area contributed by atoms with Crippen molar-refractivity contribution in [2.24, 2.45) is 0 Å². The standard InChI is InChI=1S/2C3H3NO.C2H2N2S/c1-2-5-3-4-1;1-2-4-5-3-1;1-2-5-4-3-1/h2*1-3H;1-2H. The first-order valence-corrected chi connectivity index (χ1v) is 4.71. The van der Waals surface area contributed by atoms with Gasteiger partial charge in [0, 0.05) is 5.38 Å². The predicted octanol–water partition coefficient (Wildman–Crippen LogP) is 1.89. The van der Waals surface area contributed by atoms with Crippen molar-refractivity contribution >= 4 is 11.5 Å². The van der Waals surface area contributed by atoms with Crippen LogP contribution in [0.4, 0.5) is 0 Å². The van der Waals surface area contributed by atoms with Crippen molar-refractivity contribution in [2.45, 2.75) is 0 Å². The molecule has 78 valence electrons. The molecular formula is C8H8N4O2S. The third-order valence-electron chi connectivity index (χ3n) is 0.977. The van der Waals surface area contributed by atoms with Crippen LogP contribution in [0.3, 0.4) is 0 Å². The van der Waals surface area contributed by atoms with Crippen LogP contribution in [-0.2, 0) is 0 Å². The molecule has 0 aliphatic carbocycles. The molecule has 6 nitrogen and oxygen atoms in total. The van der Waals surface area contributed by atoms with Gasteiger partial charge in [-0.15, -0.1) is 5.10 Å². The molecule has 0 unspecified atom stereocenters. The molecule has 3 heterocycles. The lowest BCUT2D eigenvalue weighted by atomic mass is 10.8. The fourth-order valence-corrected chi connectivity index (χ4v) is 0.760. The highest BCUT2D eigenvalue weighted by Crippen LogP contribution is 1.78. The zero-order chi connectivity index (χ0) is 10.6. The molecule has 3 aromatic rings. The molecule has 15 heavy (non-hydrogen) atoms. The van der Waals surface area contributed by atoms with Gasteiger partial charge >= 0.3 is 0 Å². The van der Waals surface area contributed by atoms with E-state index in [0.717, 1.165) is 0 Å². The van der Waals surface area contributed by atoms with Crippen molar-refractivity contribution in [1.29, 1.82) is 0 Å². The highest BCUT2D eigenvalue weighted by molar-refractivity contribution is 7.03. The second-order valence-electron chi connectivity index (χ2n) is 1.95. The summed E-state index contributed by atoms with van der Waals surface area (Å²) in [6, 6.07) is 1.72. The highest BCUT2D eigenvalue weighted by Gasteiger charge is 1.61. The molecule has 0 atom stereocenters. The Bertz CT molecular complexity index is 257. The summed E-state index contributed by atoms with van der Waals surface area (Å²) in [6.07, 6.45) is 9.23. The fraction of sp³-hybridized carbons (Fsp3) is 0. The van der Waals surface area contributed by atoms with Crippen LogP contribution in [0.1, 0.15) is 0 Å². The molecule has 0 fully saturated rings. The van der Waals surface area contributed by atoms with Crippen LogP contribution in [0, 0.1) is 0 Å². The van der Waals surface area contributed by atoms with E-state index in [4.69, 9.17) is 0 Å². The second kappa shape index (κ2) is 8.57. The number of hydrogen-bond acceptors (Lipinski definition) is 7. The highest BCUT2D eigenvalue weighted by atomic mass is 32.1. The van der Waals surface area contributed by atoms with Crippen molar-refractivity contribution in [3.05, 3.63) is 49.0 Å². The minimum atomic E-state index is 1.35. The first-order chi connectivity index (χ1) is 7.50. The summed E-state index contributed by atoms with van der Waals surface area (Å²) in [5.74, 6) is 0. The molecule has 7 heteroatoms. The van der Waals surface area contributed by atoms with Gasteiger partial charge in [0.15, 0.2) is 6.39 Å². The van der Waals surface area contributed by atoms with Crippen molar-refractivity contribution in [1.82, 2.24) is 19.7 Å². The third kappa shape index (κ3) is 7.08. The molecule has 0 aromatic carbocycles. The average molecular weight is 224 g/mol. The summed E-state index contributed by atoms with van der Waals surface area (Å²) in [7, 11) is 0. The lowest BCUT2D eigenvalue weighted by molar-refractivity contribution is 0.420. The number of rotatable bonds is 0. The fourth-order valence-electron chi connectivity index (χ4n) is 0.487. The number of aromatic nitrogens is 4. The van der Waals surface area contributed by atoms with Crippen LogP contribution in [0.15, 0.2) is 57.9 Å². The lowest BCUT2D eigenvalue weighted by Gasteiger charge is -1.48. The molecular weight excluding hydrogens is 216 g/mol. The van der Waals surface area contributed by atoms with Crippen LogP contribution in [-0.4, -0.2) is 19.7 Å². The summed E-state index contributed by atoms with van der Waals surface area (Å²) >= 11 is 1.35. The Labute approximate surface area is 89.7 Å². The molecule has 0 amide bonds. The summed E-state index contributed by atoms with van der Waals surface area (Å²) in [5.41, 5.74) is 0. The van der Waals surface area contributed by atoms with E-state index in [2.05, 4.69) is 28.7 Å². The first kappa shape index (κ1) is 11.1.